The number of halogens is 7. The third-order valence-corrected chi connectivity index (χ3v) is 4.97. The van der Waals surface area contributed by atoms with Gasteiger partial charge in [-0.3, -0.25) is 0 Å². The minimum Gasteiger partial charge on any atom is -0.496 e. The summed E-state index contributed by atoms with van der Waals surface area (Å²) >= 11 is 1.21. The molecule has 0 aliphatic heterocycles. The van der Waals surface area contributed by atoms with Crippen molar-refractivity contribution in [1.82, 2.24) is 0 Å². The average Bonchev–Trinajstić information content (AvgIpc) is 2.76. The van der Waals surface area contributed by atoms with Crippen molar-refractivity contribution < 1.29 is 35.5 Å². The molecule has 0 saturated carbocycles. The molecule has 0 saturated heterocycles. The van der Waals surface area contributed by atoms with Crippen molar-refractivity contribution in [1.29, 1.82) is 0 Å². The average molecular weight is 507 g/mol. The van der Waals surface area contributed by atoms with Crippen LogP contribution in [-0.2, 0) is 11.7 Å². The Morgan fingerprint density at radius 2 is 1.85 bits per heavy atom. The molecule has 2 rings (SSSR count). The fourth-order valence-electron chi connectivity index (χ4n) is 2.87. The number of hydrogen-bond acceptors (Lipinski definition) is 5. The Bertz CT molecular complexity index is 1110. The van der Waals surface area contributed by atoms with Crippen LogP contribution in [0.25, 0.3) is 0 Å². The van der Waals surface area contributed by atoms with Crippen LogP contribution in [0.2, 0.25) is 0 Å². The van der Waals surface area contributed by atoms with Gasteiger partial charge in [0.05, 0.1) is 7.11 Å². The van der Waals surface area contributed by atoms with E-state index in [1.807, 2.05) is 0 Å². The van der Waals surface area contributed by atoms with Crippen LogP contribution in [0, 0.1) is 5.82 Å². The Hall–Kier alpha value is -3.15. The van der Waals surface area contributed by atoms with Gasteiger partial charge in [0.2, 0.25) is 0 Å². The molecule has 12 heteroatoms. The summed E-state index contributed by atoms with van der Waals surface area (Å²) in [5.41, 5.74) is 3.53. The zero-order valence-electron chi connectivity index (χ0n) is 17.9. The Balaban J connectivity index is 2.52. The minimum atomic E-state index is -5.81. The first-order chi connectivity index (χ1) is 15.8. The van der Waals surface area contributed by atoms with Crippen LogP contribution in [0.3, 0.4) is 0 Å². The third-order valence-electron chi connectivity index (χ3n) is 4.35. The molecule has 0 unspecified atom stereocenters. The van der Waals surface area contributed by atoms with Gasteiger partial charge in [0.15, 0.2) is 5.83 Å². The highest BCUT2D eigenvalue weighted by Gasteiger charge is 2.58. The highest BCUT2D eigenvalue weighted by Crippen LogP contribution is 2.45. The van der Waals surface area contributed by atoms with Gasteiger partial charge in [-0.05, 0) is 42.2 Å². The molecule has 0 spiro atoms. The monoisotopic (exact) mass is 507 g/mol. The van der Waals surface area contributed by atoms with Crippen molar-refractivity contribution in [2.45, 2.75) is 17.9 Å². The Morgan fingerprint density at radius 3 is 2.41 bits per heavy atom. The third kappa shape index (κ3) is 6.25. The van der Waals surface area contributed by atoms with Gasteiger partial charge in [-0.25, -0.2) is 13.8 Å². The van der Waals surface area contributed by atoms with E-state index < -0.39 is 35.0 Å². The quantitative estimate of drug-likeness (QED) is 0.301. The molecule has 0 amide bonds. The second-order valence-electron chi connectivity index (χ2n) is 6.82. The maximum atomic E-state index is 14.5. The fraction of sp³-hybridized carbons (Fsp3) is 0.227. The smallest absolute Gasteiger partial charge is 0.458 e. The minimum absolute atomic E-state index is 0.00789. The van der Waals surface area contributed by atoms with Crippen LogP contribution < -0.4 is 15.8 Å². The Morgan fingerprint density at radius 1 is 1.18 bits per heavy atom. The maximum absolute atomic E-state index is 14.5. The molecule has 0 aliphatic rings. The number of benzene rings is 2. The van der Waals surface area contributed by atoms with Crippen molar-refractivity contribution in [3.8, 4) is 5.75 Å². The van der Waals surface area contributed by atoms with Crippen molar-refractivity contribution in [2.75, 3.05) is 18.7 Å². The molecule has 0 heterocycles. The summed E-state index contributed by atoms with van der Waals surface area (Å²) in [5.74, 6) is -7.08. The van der Waals surface area contributed by atoms with Gasteiger partial charge in [-0.1, -0.05) is 6.58 Å². The molecule has 4 nitrogen and oxygen atoms in total. The van der Waals surface area contributed by atoms with Crippen LogP contribution >= 0.6 is 11.8 Å². The van der Waals surface area contributed by atoms with Crippen LogP contribution in [0.4, 0.5) is 36.4 Å². The molecule has 0 aromatic heterocycles. The number of allylic oxidation sites excluding steroid dienone is 1. The van der Waals surface area contributed by atoms with Crippen LogP contribution in [0.1, 0.15) is 16.7 Å². The van der Waals surface area contributed by atoms with E-state index in [2.05, 4.69) is 16.9 Å². The van der Waals surface area contributed by atoms with Crippen LogP contribution in [0.15, 0.2) is 65.8 Å². The van der Waals surface area contributed by atoms with Gasteiger partial charge in [0.25, 0.3) is 0 Å². The van der Waals surface area contributed by atoms with E-state index in [0.29, 0.717) is 12.3 Å². The number of nitrogens with two attached hydrogens (primary N) is 1. The summed E-state index contributed by atoms with van der Waals surface area (Å²) in [6.07, 6.45) is -3.58. The molecule has 34 heavy (non-hydrogen) atoms. The van der Waals surface area contributed by atoms with Crippen molar-refractivity contribution in [3.63, 3.8) is 0 Å². The van der Waals surface area contributed by atoms with Crippen LogP contribution in [0.5, 0.6) is 5.75 Å². The predicted octanol–water partition coefficient (Wildman–Crippen LogP) is 6.49. The molecule has 0 aliphatic carbocycles. The van der Waals surface area contributed by atoms with Crippen molar-refractivity contribution in [3.05, 3.63) is 83.3 Å². The number of nitrogens with zero attached hydrogens (tertiary/aromatic N) is 1. The number of hydrogen-bond donors (Lipinski definition) is 2. The van der Waals surface area contributed by atoms with Crippen molar-refractivity contribution in [2.24, 2.45) is 10.7 Å². The van der Waals surface area contributed by atoms with Gasteiger partial charge in [-0.2, -0.15) is 33.7 Å². The van der Waals surface area contributed by atoms with Gasteiger partial charge >= 0.3 is 12.1 Å². The lowest BCUT2D eigenvalue weighted by Gasteiger charge is -2.21. The molecule has 0 atom stereocenters. The van der Waals surface area contributed by atoms with Gasteiger partial charge in [0, 0.05) is 34.8 Å². The Kier molecular flexibility index (Phi) is 8.65. The molecule has 2 aromatic rings. The van der Waals surface area contributed by atoms with Crippen LogP contribution in [-0.4, -0.2) is 25.3 Å². The van der Waals surface area contributed by atoms with E-state index in [1.54, 1.807) is 6.26 Å². The van der Waals surface area contributed by atoms with Gasteiger partial charge < -0.3 is 15.8 Å². The maximum Gasteiger partial charge on any atom is 0.458 e. The van der Waals surface area contributed by atoms with Gasteiger partial charge in [-0.15, -0.1) is 0 Å². The molecule has 0 radical (unpaired) electrons. The second-order valence-corrected chi connectivity index (χ2v) is 7.68. The normalized spacial score (nSPS) is 13.1. The fourth-order valence-corrected chi connectivity index (χ4v) is 3.37. The summed E-state index contributed by atoms with van der Waals surface area (Å²) in [4.78, 5) is 3.94. The summed E-state index contributed by atoms with van der Waals surface area (Å²) in [5, 5.41) is 2.49. The topological polar surface area (TPSA) is 59.6 Å². The first-order valence-electron chi connectivity index (χ1n) is 9.38. The molecular formula is C22H20F7N3OS. The zero-order valence-corrected chi connectivity index (χ0v) is 18.8. The number of nitrogens with one attached hydrogen (secondary N) is 1. The standard InChI is InChI=1S/C22H20F7N3OS/c1-12(32-20(18(24)10-30)17-5-4-15(23)9-19(17)33-2)31-16-7-13(11-34-3)6-14(8-16)21(25,26)22(27,28)29/h4-10,31H,1,11,30H2,2-3H3/b18-10+,32-20?. The number of anilines is 1. The molecule has 184 valence electrons. The summed E-state index contributed by atoms with van der Waals surface area (Å²) in [7, 11) is 1.21. The number of rotatable bonds is 9. The van der Waals surface area contributed by atoms with E-state index in [4.69, 9.17) is 10.5 Å². The highest BCUT2D eigenvalue weighted by atomic mass is 32.2. The number of thioether (sulfide) groups is 1. The highest BCUT2D eigenvalue weighted by molar-refractivity contribution is 7.97. The number of methoxy groups -OCH3 is 1. The van der Waals surface area contributed by atoms with E-state index in [0.717, 1.165) is 18.2 Å². The largest absolute Gasteiger partial charge is 0.496 e. The Labute approximate surface area is 195 Å². The lowest BCUT2D eigenvalue weighted by Crippen LogP contribution is -2.33. The lowest BCUT2D eigenvalue weighted by molar-refractivity contribution is -0.289. The first kappa shape index (κ1) is 27.1. The summed E-state index contributed by atoms with van der Waals surface area (Å²) in [6, 6.07) is 5.86. The first-order valence-corrected chi connectivity index (χ1v) is 10.8. The molecule has 0 fully saturated rings. The zero-order chi connectivity index (χ0) is 25.7. The predicted molar refractivity (Wildman–Crippen MR) is 119 cm³/mol. The number of aliphatic imine (C=N–C) groups is 1. The van der Waals surface area contributed by atoms with Crippen molar-refractivity contribution >= 4 is 23.2 Å². The molecular weight excluding hydrogens is 487 g/mol. The van der Waals surface area contributed by atoms with Gasteiger partial charge in [0.1, 0.15) is 23.1 Å². The van der Waals surface area contributed by atoms with E-state index >= 15 is 0 Å². The van der Waals surface area contributed by atoms with E-state index in [-0.39, 0.29) is 34.1 Å². The SMILES string of the molecule is C=C(N=C(/C(F)=C\N)c1ccc(F)cc1OC)Nc1cc(CSC)cc(C(F)(F)C(F)(F)F)c1. The van der Waals surface area contributed by atoms with E-state index in [9.17, 15) is 30.7 Å². The molecule has 0 bridgehead atoms. The summed E-state index contributed by atoms with van der Waals surface area (Å²) < 4.78 is 99.7. The van der Waals surface area contributed by atoms with E-state index in [1.165, 1.54) is 31.0 Å². The molecule has 3 N–H and O–H groups in total. The lowest BCUT2D eigenvalue weighted by atomic mass is 10.0. The molecule has 2 aromatic carbocycles. The second kappa shape index (κ2) is 10.9. The number of ether oxygens (including phenoxy) is 1. The number of alkyl halides is 5. The summed E-state index contributed by atoms with van der Waals surface area (Å²) in [6.45, 7) is 3.56.